The van der Waals surface area contributed by atoms with E-state index >= 15 is 0 Å². The van der Waals surface area contributed by atoms with E-state index in [1.54, 1.807) is 18.9 Å². The van der Waals surface area contributed by atoms with E-state index in [9.17, 15) is 4.79 Å². The van der Waals surface area contributed by atoms with Gasteiger partial charge in [-0.3, -0.25) is 9.89 Å². The van der Waals surface area contributed by atoms with E-state index in [0.29, 0.717) is 11.6 Å². The number of benzene rings is 2. The van der Waals surface area contributed by atoms with Crippen LogP contribution in [0, 0.1) is 13.8 Å². The van der Waals surface area contributed by atoms with Gasteiger partial charge in [-0.25, -0.2) is 4.98 Å². The predicted molar refractivity (Wildman–Crippen MR) is 113 cm³/mol. The largest absolute Gasteiger partial charge is 0.497 e. The molecule has 0 saturated carbocycles. The van der Waals surface area contributed by atoms with Gasteiger partial charge in [-0.2, -0.15) is 0 Å². The highest BCUT2D eigenvalue weighted by Gasteiger charge is 2.09. The SMILES string of the molecule is COc1ccc(-c2nc(SCCCC(=O)Nc3c(C)cccc3C)n[nH]2)cc1. The number of nitrogens with one attached hydrogen (secondary N) is 2. The summed E-state index contributed by atoms with van der Waals surface area (Å²) in [5, 5.41) is 10.9. The van der Waals surface area contributed by atoms with Gasteiger partial charge in [-0.05, 0) is 55.7 Å². The zero-order valence-electron chi connectivity index (χ0n) is 16.3. The van der Waals surface area contributed by atoms with Crippen LogP contribution in [0.2, 0.25) is 0 Å². The Kier molecular flexibility index (Phi) is 6.71. The second kappa shape index (κ2) is 9.41. The summed E-state index contributed by atoms with van der Waals surface area (Å²) in [4.78, 5) is 16.7. The smallest absolute Gasteiger partial charge is 0.224 e. The first kappa shape index (κ1) is 19.9. The number of carbonyl (C=O) groups is 1. The Balaban J connectivity index is 1.45. The molecule has 0 fully saturated rings. The lowest BCUT2D eigenvalue weighted by Crippen LogP contribution is -2.13. The lowest BCUT2D eigenvalue weighted by atomic mass is 10.1. The summed E-state index contributed by atoms with van der Waals surface area (Å²) in [5.41, 5.74) is 4.02. The molecule has 6 nitrogen and oxygen atoms in total. The first-order chi connectivity index (χ1) is 13.6. The van der Waals surface area contributed by atoms with Crippen LogP contribution in [0.5, 0.6) is 5.75 Å². The van der Waals surface area contributed by atoms with Crippen LogP contribution < -0.4 is 10.1 Å². The van der Waals surface area contributed by atoms with Crippen LogP contribution in [0.3, 0.4) is 0 Å². The number of aromatic nitrogens is 3. The molecule has 0 atom stereocenters. The van der Waals surface area contributed by atoms with Crippen LogP contribution in [0.4, 0.5) is 5.69 Å². The van der Waals surface area contributed by atoms with Gasteiger partial charge in [-0.15, -0.1) is 5.10 Å². The molecule has 2 N–H and O–H groups in total. The van der Waals surface area contributed by atoms with Gasteiger partial charge in [0.25, 0.3) is 0 Å². The molecule has 7 heteroatoms. The number of rotatable bonds is 8. The van der Waals surface area contributed by atoms with Crippen molar-refractivity contribution in [2.75, 3.05) is 18.2 Å². The molecule has 0 bridgehead atoms. The average Bonchev–Trinajstić information content (AvgIpc) is 3.17. The molecule has 0 aliphatic carbocycles. The van der Waals surface area contributed by atoms with Crippen molar-refractivity contribution in [3.63, 3.8) is 0 Å². The van der Waals surface area contributed by atoms with Crippen molar-refractivity contribution in [2.45, 2.75) is 31.8 Å². The summed E-state index contributed by atoms with van der Waals surface area (Å²) in [6, 6.07) is 13.6. The molecular formula is C21H24N4O2S. The van der Waals surface area contributed by atoms with Crippen LogP contribution in [0.25, 0.3) is 11.4 Å². The minimum Gasteiger partial charge on any atom is -0.497 e. The third-order valence-electron chi connectivity index (χ3n) is 4.35. The van der Waals surface area contributed by atoms with E-state index in [2.05, 4.69) is 20.5 Å². The molecule has 28 heavy (non-hydrogen) atoms. The number of nitrogens with zero attached hydrogens (tertiary/aromatic N) is 2. The van der Waals surface area contributed by atoms with Gasteiger partial charge in [0.2, 0.25) is 11.1 Å². The van der Waals surface area contributed by atoms with Crippen LogP contribution in [-0.2, 0) is 4.79 Å². The number of anilines is 1. The molecule has 1 amide bonds. The van der Waals surface area contributed by atoms with E-state index in [1.807, 2.05) is 56.3 Å². The summed E-state index contributed by atoms with van der Waals surface area (Å²) in [7, 11) is 1.64. The average molecular weight is 397 g/mol. The highest BCUT2D eigenvalue weighted by molar-refractivity contribution is 7.99. The van der Waals surface area contributed by atoms with E-state index in [0.717, 1.165) is 46.1 Å². The molecule has 1 aromatic heterocycles. The Labute approximate surface area is 169 Å². The number of amides is 1. The topological polar surface area (TPSA) is 79.9 Å². The third kappa shape index (κ3) is 5.13. The molecule has 2 aromatic carbocycles. The highest BCUT2D eigenvalue weighted by Crippen LogP contribution is 2.23. The molecule has 3 rings (SSSR count). The Morgan fingerprint density at radius 1 is 1.14 bits per heavy atom. The van der Waals surface area contributed by atoms with Crippen molar-refractivity contribution in [3.05, 3.63) is 53.6 Å². The van der Waals surface area contributed by atoms with Crippen molar-refractivity contribution in [1.29, 1.82) is 0 Å². The number of hydrogen-bond donors (Lipinski definition) is 2. The van der Waals surface area contributed by atoms with Gasteiger partial charge in [0, 0.05) is 23.4 Å². The van der Waals surface area contributed by atoms with E-state index in [1.165, 1.54) is 0 Å². The maximum atomic E-state index is 12.2. The van der Waals surface area contributed by atoms with Gasteiger partial charge >= 0.3 is 0 Å². The maximum absolute atomic E-state index is 12.2. The van der Waals surface area contributed by atoms with E-state index < -0.39 is 0 Å². The standard InChI is InChI=1S/C21H24N4O2S/c1-14-6-4-7-15(2)19(14)22-18(26)8-5-13-28-21-23-20(24-25-21)16-9-11-17(27-3)12-10-16/h4,6-7,9-12H,5,8,13H2,1-3H3,(H,22,26)(H,23,24,25). The van der Waals surface area contributed by atoms with Crippen LogP contribution in [0.1, 0.15) is 24.0 Å². The summed E-state index contributed by atoms with van der Waals surface area (Å²) in [5.74, 6) is 2.34. The number of aryl methyl sites for hydroxylation is 2. The lowest BCUT2D eigenvalue weighted by Gasteiger charge is -2.11. The molecular weight excluding hydrogens is 372 g/mol. The Morgan fingerprint density at radius 3 is 2.54 bits per heavy atom. The minimum absolute atomic E-state index is 0.0342. The van der Waals surface area contributed by atoms with Gasteiger partial charge < -0.3 is 10.1 Å². The number of aromatic amines is 1. The monoisotopic (exact) mass is 396 g/mol. The maximum Gasteiger partial charge on any atom is 0.224 e. The summed E-state index contributed by atoms with van der Waals surface area (Å²) in [6.45, 7) is 4.00. The second-order valence-electron chi connectivity index (χ2n) is 6.46. The fraction of sp³-hybridized carbons (Fsp3) is 0.286. The van der Waals surface area contributed by atoms with Gasteiger partial charge in [0.15, 0.2) is 5.82 Å². The third-order valence-corrected chi connectivity index (χ3v) is 5.29. The van der Waals surface area contributed by atoms with Crippen LogP contribution in [-0.4, -0.2) is 34.0 Å². The van der Waals surface area contributed by atoms with Crippen molar-refractivity contribution in [3.8, 4) is 17.1 Å². The number of thioether (sulfide) groups is 1. The molecule has 0 saturated heterocycles. The zero-order valence-corrected chi connectivity index (χ0v) is 17.1. The Hall–Kier alpha value is -2.80. The molecule has 0 aliphatic rings. The van der Waals surface area contributed by atoms with E-state index in [-0.39, 0.29) is 5.91 Å². The van der Waals surface area contributed by atoms with Crippen molar-refractivity contribution in [1.82, 2.24) is 15.2 Å². The molecule has 0 aliphatic heterocycles. The fourth-order valence-corrected chi connectivity index (χ4v) is 3.54. The van der Waals surface area contributed by atoms with Gasteiger partial charge in [0.1, 0.15) is 5.75 Å². The normalized spacial score (nSPS) is 10.7. The molecule has 146 valence electrons. The predicted octanol–water partition coefficient (Wildman–Crippen LogP) is 4.61. The van der Waals surface area contributed by atoms with Crippen molar-refractivity contribution in [2.24, 2.45) is 0 Å². The molecule has 1 heterocycles. The van der Waals surface area contributed by atoms with Crippen molar-refractivity contribution >= 4 is 23.4 Å². The number of para-hydroxylation sites is 1. The first-order valence-electron chi connectivity index (χ1n) is 9.12. The molecule has 3 aromatic rings. The fourth-order valence-electron chi connectivity index (χ4n) is 2.80. The highest BCUT2D eigenvalue weighted by atomic mass is 32.2. The van der Waals surface area contributed by atoms with Gasteiger partial charge in [0.05, 0.1) is 7.11 Å². The van der Waals surface area contributed by atoms with Crippen LogP contribution in [0.15, 0.2) is 47.6 Å². The number of H-pyrrole nitrogens is 1. The summed E-state index contributed by atoms with van der Waals surface area (Å²) >= 11 is 1.54. The molecule has 0 unspecified atom stereocenters. The second-order valence-corrected chi connectivity index (χ2v) is 7.52. The van der Waals surface area contributed by atoms with Crippen LogP contribution >= 0.6 is 11.8 Å². The Morgan fingerprint density at radius 2 is 1.86 bits per heavy atom. The van der Waals surface area contributed by atoms with E-state index in [4.69, 9.17) is 4.74 Å². The minimum atomic E-state index is 0.0342. The lowest BCUT2D eigenvalue weighted by molar-refractivity contribution is -0.116. The summed E-state index contributed by atoms with van der Waals surface area (Å²) in [6.07, 6.45) is 1.23. The quantitative estimate of drug-likeness (QED) is 0.429. The number of carbonyl (C=O) groups excluding carboxylic acids is 1. The summed E-state index contributed by atoms with van der Waals surface area (Å²) < 4.78 is 5.16. The number of hydrogen-bond acceptors (Lipinski definition) is 5. The first-order valence-corrected chi connectivity index (χ1v) is 10.1. The van der Waals surface area contributed by atoms with Gasteiger partial charge in [-0.1, -0.05) is 30.0 Å². The van der Waals surface area contributed by atoms with Crippen molar-refractivity contribution < 1.29 is 9.53 Å². The Bertz CT molecular complexity index is 918. The number of ether oxygens (including phenoxy) is 1. The number of methoxy groups -OCH3 is 1. The zero-order chi connectivity index (χ0) is 19.9. The molecule has 0 spiro atoms. The molecule has 0 radical (unpaired) electrons.